The van der Waals surface area contributed by atoms with Gasteiger partial charge in [-0.3, -0.25) is 23.7 Å². The van der Waals surface area contributed by atoms with Crippen molar-refractivity contribution in [2.45, 2.75) is 159 Å². The van der Waals surface area contributed by atoms with Crippen LogP contribution in [0.4, 0.5) is 11.4 Å². The van der Waals surface area contributed by atoms with Crippen molar-refractivity contribution in [3.05, 3.63) is 118 Å². The molecule has 1 fully saturated rings. The van der Waals surface area contributed by atoms with Crippen LogP contribution in [0, 0.1) is 20.8 Å². The summed E-state index contributed by atoms with van der Waals surface area (Å²) >= 11 is 0. The summed E-state index contributed by atoms with van der Waals surface area (Å²) in [6, 6.07) is 8.92. The third-order valence-electron chi connectivity index (χ3n) is 15.7. The van der Waals surface area contributed by atoms with Crippen LogP contribution in [0.5, 0.6) is 11.5 Å². The van der Waals surface area contributed by atoms with E-state index in [1.807, 2.05) is 91.0 Å². The second kappa shape index (κ2) is 24.4. The quantitative estimate of drug-likeness (QED) is 0.0231. The number of imide groups is 1. The Balaban J connectivity index is 0.950. The van der Waals surface area contributed by atoms with Gasteiger partial charge in [0.25, 0.3) is 27.8 Å². The van der Waals surface area contributed by atoms with Crippen LogP contribution in [-0.2, 0) is 66.3 Å². The summed E-state index contributed by atoms with van der Waals surface area (Å²) in [4.78, 5) is 68.8. The molecule has 1 unspecified atom stereocenters. The highest BCUT2D eigenvalue weighted by molar-refractivity contribution is 7.86. The number of anilines is 1. The molecule has 4 aliphatic rings. The lowest BCUT2D eigenvalue weighted by Crippen LogP contribution is -2.52. The molecule has 0 saturated carbocycles. The lowest BCUT2D eigenvalue weighted by atomic mass is 9.81. The van der Waals surface area contributed by atoms with Crippen molar-refractivity contribution in [2.24, 2.45) is 0 Å². The van der Waals surface area contributed by atoms with E-state index < -0.39 is 54.5 Å². The van der Waals surface area contributed by atoms with Crippen LogP contribution in [0.2, 0.25) is 0 Å². The number of unbranched alkanes of at least 4 members (excludes halogenated alkanes) is 4. The first-order valence-electron chi connectivity index (χ1n) is 27.1. The van der Waals surface area contributed by atoms with Crippen molar-refractivity contribution in [1.29, 1.82) is 0 Å². The molecule has 0 radical (unpaired) electrons. The van der Waals surface area contributed by atoms with Crippen LogP contribution in [0.25, 0.3) is 0 Å². The molecule has 4 aliphatic heterocycles. The minimum atomic E-state index is -4.73. The molecule has 4 amide bonds. The summed E-state index contributed by atoms with van der Waals surface area (Å²) in [6.07, 6.45) is 18.2. The van der Waals surface area contributed by atoms with Gasteiger partial charge in [0.2, 0.25) is 11.6 Å². The van der Waals surface area contributed by atoms with E-state index in [9.17, 15) is 55.0 Å². The number of hydroxylamine groups is 2. The second-order valence-electron chi connectivity index (χ2n) is 22.0. The number of hydrogen-bond acceptors (Lipinski definition) is 14. The zero-order chi connectivity index (χ0) is 58.5. The average molecular weight is 1140 g/mol. The fourth-order valence-electron chi connectivity index (χ4n) is 10.9. The summed E-state index contributed by atoms with van der Waals surface area (Å²) in [5, 5.41) is 16.8. The number of amides is 4. The molecule has 0 aromatic heterocycles. The monoisotopic (exact) mass is 1140 g/mol. The largest absolute Gasteiger partial charge is 0.744 e. The van der Waals surface area contributed by atoms with Gasteiger partial charge < -0.3 is 34.8 Å². The first-order chi connectivity index (χ1) is 37.6. The SMILES string of the molecule is Cc1c(C)c2c(c(C)c1O)CCC(C)(C(=O)NCCNC(=O)CCCCCN1/C(=C/C=C/C=C/C=C/C3=[N+](CCCCCC(=O)ON4C(=O)CCC4=O)c4ccc(S(=O)(=O)[O-])cc4C3(C)C)C(C)(C)c3cc(S(=O)(=O)O)ccc31)O2. The molecule has 7 rings (SSSR count). The van der Waals surface area contributed by atoms with E-state index in [0.717, 1.165) is 50.6 Å². The summed E-state index contributed by atoms with van der Waals surface area (Å²) in [5.41, 5.74) is 5.38. The van der Waals surface area contributed by atoms with E-state index in [2.05, 4.69) is 20.1 Å². The number of nitrogens with zero attached hydrogens (tertiary/aromatic N) is 3. The van der Waals surface area contributed by atoms with Crippen molar-refractivity contribution in [3.63, 3.8) is 0 Å². The number of carbonyl (C=O) groups excluding carboxylic acids is 5. The van der Waals surface area contributed by atoms with Gasteiger partial charge in [0.1, 0.15) is 28.2 Å². The Morgan fingerprint density at radius 1 is 0.762 bits per heavy atom. The first kappa shape index (κ1) is 60.7. The van der Waals surface area contributed by atoms with Crippen LogP contribution in [0.1, 0.15) is 139 Å². The number of fused-ring (bicyclic) bond motifs is 3. The number of phenols is 1. The summed E-state index contributed by atoms with van der Waals surface area (Å²) in [6.45, 7) is 16.7. The minimum absolute atomic E-state index is 0.00417. The molecular weight excluding hydrogens is 1070 g/mol. The van der Waals surface area contributed by atoms with E-state index in [4.69, 9.17) is 9.57 Å². The lowest BCUT2D eigenvalue weighted by molar-refractivity contribution is -0.438. The maximum atomic E-state index is 13.3. The fraction of sp³-hybridized carbons (Fsp3) is 0.458. The molecule has 0 aliphatic carbocycles. The third-order valence-corrected chi connectivity index (χ3v) is 17.4. The van der Waals surface area contributed by atoms with E-state index in [0.29, 0.717) is 80.8 Å². The molecule has 4 heterocycles. The molecule has 80 heavy (non-hydrogen) atoms. The Morgan fingerprint density at radius 2 is 1.40 bits per heavy atom. The number of benzene rings is 3. The maximum Gasteiger partial charge on any atom is 0.333 e. The standard InChI is InChI=1S/C59H73N5O14S2/c1-38-39(2)55-43(40(3)54(38)69)30-31-59(8,77-55)56(70)61-33-32-60-50(65)22-16-12-18-34-62-46-26-24-41(79(71,72)73)36-44(46)57(4,5)48(62)20-14-10-9-11-15-21-49-58(6,7)45-37-42(80(74,75)76)25-27-47(45)63(49)35-19-13-17-23-53(68)78-64-51(66)28-29-52(64)67/h9-11,14-15,20-21,24-27,36-37H,12-13,16-19,22-23,28-35H2,1-8H3,(H4-,60,61,65,69,70,71,72,73,74,75,76). The molecule has 4 N–H and O–H groups in total. The maximum absolute atomic E-state index is 13.3. The summed E-state index contributed by atoms with van der Waals surface area (Å²) < 4.78 is 78.9. The van der Waals surface area contributed by atoms with Gasteiger partial charge in [0, 0.05) is 98.2 Å². The molecule has 0 spiro atoms. The Labute approximate surface area is 468 Å². The first-order valence-corrected chi connectivity index (χ1v) is 29.9. The summed E-state index contributed by atoms with van der Waals surface area (Å²) in [5.74, 6) is -1.30. The number of carbonyl (C=O) groups is 5. The molecule has 19 nitrogen and oxygen atoms in total. The molecule has 1 saturated heterocycles. The van der Waals surface area contributed by atoms with Crippen LogP contribution < -0.4 is 20.3 Å². The number of rotatable bonds is 23. The lowest BCUT2D eigenvalue weighted by Gasteiger charge is -2.36. The number of aromatic hydroxyl groups is 1. The highest BCUT2D eigenvalue weighted by Crippen LogP contribution is 2.49. The highest BCUT2D eigenvalue weighted by Gasteiger charge is 2.45. The number of allylic oxidation sites excluding steroid dienone is 8. The van der Waals surface area contributed by atoms with E-state index in [1.165, 1.54) is 24.3 Å². The molecule has 3 aromatic carbocycles. The van der Waals surface area contributed by atoms with Gasteiger partial charge in [-0.1, -0.05) is 50.6 Å². The second-order valence-corrected chi connectivity index (χ2v) is 24.8. The van der Waals surface area contributed by atoms with Gasteiger partial charge in [0.05, 0.1) is 15.2 Å². The van der Waals surface area contributed by atoms with Crippen molar-refractivity contribution >= 4 is 66.9 Å². The number of nitrogens with one attached hydrogen (secondary N) is 2. The molecule has 21 heteroatoms. The topological polar surface area (TPSA) is 269 Å². The van der Waals surface area contributed by atoms with Gasteiger partial charge in [-0.2, -0.15) is 13.0 Å². The van der Waals surface area contributed by atoms with E-state index in [-0.39, 0.29) is 66.1 Å². The van der Waals surface area contributed by atoms with Crippen molar-refractivity contribution in [1.82, 2.24) is 15.7 Å². The van der Waals surface area contributed by atoms with Gasteiger partial charge in [0.15, 0.2) is 11.3 Å². The Morgan fingerprint density at radius 3 is 2.10 bits per heavy atom. The Bertz CT molecular complexity index is 3360. The predicted octanol–water partition coefficient (Wildman–Crippen LogP) is 7.94. The van der Waals surface area contributed by atoms with Gasteiger partial charge in [-0.15, -0.1) is 5.06 Å². The molecule has 1 atom stereocenters. The van der Waals surface area contributed by atoms with Crippen LogP contribution in [-0.4, -0.2) is 108 Å². The minimum Gasteiger partial charge on any atom is -0.744 e. The predicted molar refractivity (Wildman–Crippen MR) is 299 cm³/mol. The van der Waals surface area contributed by atoms with Gasteiger partial charge >= 0.3 is 5.97 Å². The normalized spacial score (nSPS) is 19.1. The van der Waals surface area contributed by atoms with Crippen LogP contribution in [0.15, 0.2) is 94.4 Å². The number of ether oxygens (including phenoxy) is 1. The molecular formula is C59H73N5O14S2. The average Bonchev–Trinajstić information content (AvgIpc) is 4.14. The number of phenolic OH excluding ortho intramolecular Hbond substituents is 1. The fourth-order valence-corrected chi connectivity index (χ4v) is 11.9. The van der Waals surface area contributed by atoms with Gasteiger partial charge in [-0.25, -0.2) is 13.2 Å². The van der Waals surface area contributed by atoms with Gasteiger partial charge in [-0.05, 0) is 132 Å². The van der Waals surface area contributed by atoms with Crippen molar-refractivity contribution in [2.75, 3.05) is 31.1 Å². The Hall–Kier alpha value is -6.94. The zero-order valence-electron chi connectivity index (χ0n) is 46.8. The van der Waals surface area contributed by atoms with E-state index >= 15 is 0 Å². The Kier molecular flexibility index (Phi) is 18.5. The number of hydrogen-bond donors (Lipinski definition) is 4. The summed E-state index contributed by atoms with van der Waals surface area (Å²) in [7, 11) is -9.21. The van der Waals surface area contributed by atoms with E-state index in [1.54, 1.807) is 19.1 Å². The van der Waals surface area contributed by atoms with Crippen LogP contribution in [0.3, 0.4) is 0 Å². The highest BCUT2D eigenvalue weighted by atomic mass is 32.2. The molecule has 430 valence electrons. The van der Waals surface area contributed by atoms with Crippen molar-refractivity contribution < 1.29 is 69.2 Å². The molecule has 0 bridgehead atoms. The molecule has 3 aromatic rings. The smallest absolute Gasteiger partial charge is 0.333 e. The van der Waals surface area contributed by atoms with Crippen LogP contribution >= 0.6 is 0 Å². The third kappa shape index (κ3) is 13.3. The van der Waals surface area contributed by atoms with Crippen molar-refractivity contribution in [3.8, 4) is 11.5 Å². The zero-order valence-corrected chi connectivity index (χ0v) is 48.4.